The van der Waals surface area contributed by atoms with Crippen LogP contribution in [0.1, 0.15) is 258 Å². The van der Waals surface area contributed by atoms with Gasteiger partial charge in [0.05, 0.1) is 0 Å². The van der Waals surface area contributed by atoms with Crippen LogP contribution in [0.25, 0.3) is 0 Å². The van der Waals surface area contributed by atoms with Crippen LogP contribution in [0.5, 0.6) is 0 Å². The van der Waals surface area contributed by atoms with E-state index in [-0.39, 0.29) is 31.1 Å². The fourth-order valence-electron chi connectivity index (χ4n) is 7.12. The predicted molar refractivity (Wildman–Crippen MR) is 247 cm³/mol. The fraction of sp³-hybridized carbons (Fsp3) is 0.827. The number of allylic oxidation sites excluding steroid dienone is 6. The second-order valence-corrected chi connectivity index (χ2v) is 16.7. The molecule has 0 aliphatic carbocycles. The van der Waals surface area contributed by atoms with Crippen molar-refractivity contribution in [2.24, 2.45) is 0 Å². The Morgan fingerprint density at radius 1 is 0.362 bits per heavy atom. The maximum atomic E-state index is 12.8. The molecule has 0 aliphatic rings. The number of hydrogen-bond acceptors (Lipinski definition) is 6. The lowest BCUT2D eigenvalue weighted by Gasteiger charge is -2.18. The Morgan fingerprint density at radius 3 is 1.05 bits per heavy atom. The number of rotatable bonds is 45. The SMILES string of the molecule is CC/C=C\C/C=C\CCCCCCCCCC(=O)OC(COC(=O)CCCCCCC/C=C\CCCCCCCCC)COC(=O)CCCCCCCCCCCC. The van der Waals surface area contributed by atoms with Crippen molar-refractivity contribution in [2.45, 2.75) is 264 Å². The third-order valence-corrected chi connectivity index (χ3v) is 10.9. The first-order chi connectivity index (χ1) is 28.5. The normalized spacial score (nSPS) is 12.3. The Morgan fingerprint density at radius 2 is 0.672 bits per heavy atom. The molecule has 6 heteroatoms. The highest BCUT2D eigenvalue weighted by Crippen LogP contribution is 2.15. The van der Waals surface area contributed by atoms with Gasteiger partial charge in [0, 0.05) is 19.3 Å². The van der Waals surface area contributed by atoms with E-state index in [0.717, 1.165) is 83.5 Å². The Bertz CT molecular complexity index is 984. The summed E-state index contributed by atoms with van der Waals surface area (Å²) in [6.07, 6.45) is 54.1. The molecule has 0 bridgehead atoms. The lowest BCUT2D eigenvalue weighted by molar-refractivity contribution is -0.167. The molecule has 0 N–H and O–H groups in total. The maximum absolute atomic E-state index is 12.8. The van der Waals surface area contributed by atoms with Crippen molar-refractivity contribution in [3.63, 3.8) is 0 Å². The standard InChI is InChI=1S/C52H94O6/c1-4-7-10-13-16-19-22-24-26-27-29-30-33-36-39-42-45-51(54)57-48-49(47-56-50(53)44-41-38-35-32-21-18-15-12-9-6-3)58-52(55)46-43-40-37-34-31-28-25-23-20-17-14-11-8-5-2/h8,11,17,20,26-27,49H,4-7,9-10,12-16,18-19,21-25,28-48H2,1-3H3/b11-8-,20-17-,27-26-. The van der Waals surface area contributed by atoms with Gasteiger partial charge < -0.3 is 14.2 Å². The molecular formula is C52H94O6. The zero-order valence-corrected chi connectivity index (χ0v) is 38.6. The van der Waals surface area contributed by atoms with E-state index in [4.69, 9.17) is 14.2 Å². The van der Waals surface area contributed by atoms with E-state index in [2.05, 4.69) is 57.2 Å². The largest absolute Gasteiger partial charge is 0.462 e. The lowest BCUT2D eigenvalue weighted by Crippen LogP contribution is -2.30. The third kappa shape index (κ3) is 44.7. The first-order valence-electron chi connectivity index (χ1n) is 25.0. The number of hydrogen-bond donors (Lipinski definition) is 0. The van der Waals surface area contributed by atoms with E-state index in [1.165, 1.54) is 135 Å². The summed E-state index contributed by atoms with van der Waals surface area (Å²) in [7, 11) is 0. The molecule has 0 aromatic rings. The topological polar surface area (TPSA) is 78.9 Å². The van der Waals surface area contributed by atoms with Crippen molar-refractivity contribution in [1.82, 2.24) is 0 Å². The van der Waals surface area contributed by atoms with Gasteiger partial charge in [-0.25, -0.2) is 0 Å². The monoisotopic (exact) mass is 815 g/mol. The lowest BCUT2D eigenvalue weighted by atomic mass is 10.1. The molecule has 0 saturated carbocycles. The zero-order valence-electron chi connectivity index (χ0n) is 38.6. The van der Waals surface area contributed by atoms with Crippen LogP contribution in [0.3, 0.4) is 0 Å². The first kappa shape index (κ1) is 55.6. The van der Waals surface area contributed by atoms with Crippen LogP contribution < -0.4 is 0 Å². The highest BCUT2D eigenvalue weighted by Gasteiger charge is 2.19. The minimum Gasteiger partial charge on any atom is -0.462 e. The van der Waals surface area contributed by atoms with Crippen LogP contribution in [0.4, 0.5) is 0 Å². The molecular weight excluding hydrogens is 721 g/mol. The Labute approximate surface area is 359 Å². The van der Waals surface area contributed by atoms with Crippen LogP contribution in [0.2, 0.25) is 0 Å². The van der Waals surface area contributed by atoms with Crippen LogP contribution in [0.15, 0.2) is 36.5 Å². The second kappa shape index (κ2) is 47.3. The highest BCUT2D eigenvalue weighted by molar-refractivity contribution is 5.71. The molecule has 0 amide bonds. The number of carbonyl (C=O) groups is 3. The summed E-state index contributed by atoms with van der Waals surface area (Å²) in [4.78, 5) is 37.8. The van der Waals surface area contributed by atoms with Crippen molar-refractivity contribution in [3.05, 3.63) is 36.5 Å². The van der Waals surface area contributed by atoms with Crippen molar-refractivity contribution < 1.29 is 28.6 Å². The van der Waals surface area contributed by atoms with Gasteiger partial charge in [0.15, 0.2) is 6.10 Å². The molecule has 0 aromatic heterocycles. The summed E-state index contributed by atoms with van der Waals surface area (Å²) in [5.74, 6) is -0.887. The van der Waals surface area contributed by atoms with Crippen molar-refractivity contribution in [3.8, 4) is 0 Å². The quantitative estimate of drug-likeness (QED) is 0.0264. The second-order valence-electron chi connectivity index (χ2n) is 16.7. The molecule has 0 aliphatic heterocycles. The zero-order chi connectivity index (χ0) is 42.3. The third-order valence-electron chi connectivity index (χ3n) is 10.9. The molecule has 0 aromatic carbocycles. The summed E-state index contributed by atoms with van der Waals surface area (Å²) in [5.41, 5.74) is 0. The highest BCUT2D eigenvalue weighted by atomic mass is 16.6. The van der Waals surface area contributed by atoms with Gasteiger partial charge in [-0.3, -0.25) is 14.4 Å². The Balaban J connectivity index is 4.35. The number of carbonyl (C=O) groups excluding carboxylic acids is 3. The van der Waals surface area contributed by atoms with Gasteiger partial charge >= 0.3 is 17.9 Å². The van der Waals surface area contributed by atoms with Crippen LogP contribution in [0, 0.1) is 0 Å². The Kier molecular flexibility index (Phi) is 45.4. The molecule has 1 unspecified atom stereocenters. The summed E-state index contributed by atoms with van der Waals surface area (Å²) in [5, 5.41) is 0. The van der Waals surface area contributed by atoms with Gasteiger partial charge in [0.25, 0.3) is 0 Å². The van der Waals surface area contributed by atoms with E-state index < -0.39 is 6.10 Å². The molecule has 58 heavy (non-hydrogen) atoms. The smallest absolute Gasteiger partial charge is 0.306 e. The van der Waals surface area contributed by atoms with Crippen LogP contribution in [-0.4, -0.2) is 37.2 Å². The number of unbranched alkanes of at least 4 members (excludes halogenated alkanes) is 28. The van der Waals surface area contributed by atoms with Crippen molar-refractivity contribution in [1.29, 1.82) is 0 Å². The minimum atomic E-state index is -0.774. The van der Waals surface area contributed by atoms with Gasteiger partial charge in [-0.15, -0.1) is 0 Å². The van der Waals surface area contributed by atoms with E-state index in [9.17, 15) is 14.4 Å². The first-order valence-corrected chi connectivity index (χ1v) is 25.0. The summed E-state index contributed by atoms with van der Waals surface area (Å²) >= 11 is 0. The average Bonchev–Trinajstić information content (AvgIpc) is 3.22. The average molecular weight is 815 g/mol. The van der Waals surface area contributed by atoms with Crippen molar-refractivity contribution >= 4 is 17.9 Å². The van der Waals surface area contributed by atoms with Crippen LogP contribution >= 0.6 is 0 Å². The van der Waals surface area contributed by atoms with Gasteiger partial charge in [-0.1, -0.05) is 205 Å². The minimum absolute atomic E-state index is 0.0757. The molecule has 338 valence electrons. The Hall–Kier alpha value is -2.37. The van der Waals surface area contributed by atoms with E-state index in [1.807, 2.05) is 0 Å². The number of esters is 3. The van der Waals surface area contributed by atoms with E-state index in [0.29, 0.717) is 19.3 Å². The molecule has 1 atom stereocenters. The van der Waals surface area contributed by atoms with Gasteiger partial charge in [-0.2, -0.15) is 0 Å². The van der Waals surface area contributed by atoms with E-state index in [1.54, 1.807) is 0 Å². The summed E-state index contributed by atoms with van der Waals surface area (Å²) in [6.45, 7) is 6.52. The predicted octanol–water partition coefficient (Wildman–Crippen LogP) is 16.1. The summed E-state index contributed by atoms with van der Waals surface area (Å²) < 4.78 is 16.7. The van der Waals surface area contributed by atoms with Crippen molar-refractivity contribution in [2.75, 3.05) is 13.2 Å². The fourth-order valence-corrected chi connectivity index (χ4v) is 7.12. The molecule has 0 fully saturated rings. The molecule has 0 radical (unpaired) electrons. The van der Waals surface area contributed by atoms with Gasteiger partial charge in [0.1, 0.15) is 13.2 Å². The molecule has 6 nitrogen and oxygen atoms in total. The van der Waals surface area contributed by atoms with Gasteiger partial charge in [-0.05, 0) is 70.6 Å². The summed E-state index contributed by atoms with van der Waals surface area (Å²) in [6, 6.07) is 0. The molecule has 0 rings (SSSR count). The van der Waals surface area contributed by atoms with Crippen LogP contribution in [-0.2, 0) is 28.6 Å². The molecule has 0 spiro atoms. The molecule has 0 saturated heterocycles. The number of ether oxygens (including phenoxy) is 3. The molecule has 0 heterocycles. The van der Waals surface area contributed by atoms with E-state index >= 15 is 0 Å². The maximum Gasteiger partial charge on any atom is 0.306 e. The van der Waals surface area contributed by atoms with Gasteiger partial charge in [0.2, 0.25) is 0 Å².